The molecule has 0 bridgehead atoms. The van der Waals surface area contributed by atoms with Gasteiger partial charge >= 0.3 is 0 Å². The van der Waals surface area contributed by atoms with Crippen LogP contribution in [0.2, 0.25) is 0 Å². The molecule has 1 aromatic carbocycles. The molecular weight excluding hydrogens is 458 g/mol. The predicted octanol–water partition coefficient (Wildman–Crippen LogP) is 4.90. The van der Waals surface area contributed by atoms with Crippen molar-refractivity contribution in [3.05, 3.63) is 40.7 Å². The number of halogens is 2. The number of fused-ring (bicyclic) bond motifs is 4. The van der Waals surface area contributed by atoms with Crippen molar-refractivity contribution in [3.8, 4) is 17.3 Å². The van der Waals surface area contributed by atoms with Gasteiger partial charge in [0, 0.05) is 35.1 Å². The maximum Gasteiger partial charge on any atom is 0.226 e. The van der Waals surface area contributed by atoms with Crippen LogP contribution in [0, 0.1) is 28.9 Å². The van der Waals surface area contributed by atoms with Crippen LogP contribution in [0.1, 0.15) is 37.0 Å². The van der Waals surface area contributed by atoms with Gasteiger partial charge in [0.05, 0.1) is 35.4 Å². The van der Waals surface area contributed by atoms with E-state index in [1.165, 1.54) is 0 Å². The molecule has 5 heterocycles. The minimum absolute atomic E-state index is 0.0948. The molecule has 2 aliphatic heterocycles. The van der Waals surface area contributed by atoms with Gasteiger partial charge in [0.2, 0.25) is 5.95 Å². The Morgan fingerprint density at radius 2 is 2.00 bits per heavy atom. The topological polar surface area (TPSA) is 101 Å². The average Bonchev–Trinajstić information content (AvgIpc) is 3.52. The van der Waals surface area contributed by atoms with Crippen LogP contribution in [0.3, 0.4) is 0 Å². The third kappa shape index (κ3) is 2.90. The number of ether oxygens (including phenoxy) is 1. The second kappa shape index (κ2) is 7.55. The van der Waals surface area contributed by atoms with E-state index in [1.807, 2.05) is 6.07 Å². The monoisotopic (exact) mass is 478 g/mol. The van der Waals surface area contributed by atoms with Crippen LogP contribution in [0.25, 0.3) is 32.2 Å². The number of nitrogens with two attached hydrogens (primary N) is 1. The Morgan fingerprint density at radius 1 is 1.21 bits per heavy atom. The molecule has 2 N–H and O–H groups in total. The zero-order valence-electron chi connectivity index (χ0n) is 18.5. The molecule has 0 saturated carbocycles. The van der Waals surface area contributed by atoms with Crippen molar-refractivity contribution in [1.82, 2.24) is 15.0 Å². The summed E-state index contributed by atoms with van der Waals surface area (Å²) >= 11 is 0.955. The molecule has 172 valence electrons. The molecule has 6 rings (SSSR count). The SMILES string of the molecule is CC1CC(C)N(c2ncc3c4c(c(-c5ncc(F)c6sc(N)c(C#N)c56)c(F)c3n2)COC4)C1. The normalized spacial score (nSPS) is 19.8. The van der Waals surface area contributed by atoms with Crippen LogP contribution in [-0.2, 0) is 18.0 Å². The van der Waals surface area contributed by atoms with Crippen molar-refractivity contribution in [2.75, 3.05) is 17.2 Å². The fraction of sp³-hybridized carbons (Fsp3) is 0.333. The largest absolute Gasteiger partial charge is 0.389 e. The predicted molar refractivity (Wildman–Crippen MR) is 126 cm³/mol. The van der Waals surface area contributed by atoms with Gasteiger partial charge in [-0.25, -0.2) is 18.7 Å². The first-order chi connectivity index (χ1) is 16.4. The van der Waals surface area contributed by atoms with Gasteiger partial charge in [0.25, 0.3) is 0 Å². The lowest BCUT2D eigenvalue weighted by molar-refractivity contribution is 0.135. The highest BCUT2D eigenvalue weighted by atomic mass is 32.1. The zero-order valence-corrected chi connectivity index (χ0v) is 19.3. The molecule has 1 fully saturated rings. The second-order valence-corrected chi connectivity index (χ2v) is 10.1. The third-order valence-corrected chi connectivity index (χ3v) is 7.80. The Balaban J connectivity index is 1.66. The smallest absolute Gasteiger partial charge is 0.226 e. The van der Waals surface area contributed by atoms with Gasteiger partial charge in [-0.2, -0.15) is 5.26 Å². The summed E-state index contributed by atoms with van der Waals surface area (Å²) in [7, 11) is 0. The summed E-state index contributed by atoms with van der Waals surface area (Å²) in [5.74, 6) is -0.222. The second-order valence-electron chi connectivity index (χ2n) is 9.03. The number of hydrogen-bond donors (Lipinski definition) is 1. The first kappa shape index (κ1) is 21.1. The molecular formula is C24H20F2N6OS. The van der Waals surface area contributed by atoms with E-state index in [-0.39, 0.29) is 56.7 Å². The lowest BCUT2D eigenvalue weighted by Gasteiger charge is -2.22. The van der Waals surface area contributed by atoms with E-state index < -0.39 is 11.6 Å². The van der Waals surface area contributed by atoms with E-state index in [0.717, 1.165) is 36.1 Å². The van der Waals surface area contributed by atoms with Crippen molar-refractivity contribution in [3.63, 3.8) is 0 Å². The Morgan fingerprint density at radius 3 is 2.74 bits per heavy atom. The highest BCUT2D eigenvalue weighted by molar-refractivity contribution is 7.23. The fourth-order valence-corrected chi connectivity index (χ4v) is 6.18. The molecule has 2 atom stereocenters. The quantitative estimate of drug-likeness (QED) is 0.437. The Labute approximate surface area is 197 Å². The lowest BCUT2D eigenvalue weighted by atomic mass is 9.94. The summed E-state index contributed by atoms with van der Waals surface area (Å²) in [6.07, 6.45) is 3.71. The van der Waals surface area contributed by atoms with Gasteiger partial charge in [-0.1, -0.05) is 6.92 Å². The minimum atomic E-state index is -0.604. The number of hydrogen-bond acceptors (Lipinski definition) is 8. The van der Waals surface area contributed by atoms with Crippen LogP contribution >= 0.6 is 11.3 Å². The van der Waals surface area contributed by atoms with Gasteiger partial charge in [-0.05, 0) is 30.4 Å². The number of benzene rings is 1. The standard InChI is InChI=1S/C24H20F2N6OS/c1-10-3-11(2)32(7-10)24-30-5-13-14-8-33-9-15(14)17(19(26)20(13)31-24)21-18-12(4-27)23(28)34-22(18)16(25)6-29-21/h5-6,10-11H,3,7-9,28H2,1-2H3. The summed E-state index contributed by atoms with van der Waals surface area (Å²) < 4.78 is 36.7. The number of pyridine rings is 1. The van der Waals surface area contributed by atoms with Crippen molar-refractivity contribution in [2.24, 2.45) is 5.92 Å². The van der Waals surface area contributed by atoms with E-state index >= 15 is 4.39 Å². The number of nitrogens with zero attached hydrogens (tertiary/aromatic N) is 5. The highest BCUT2D eigenvalue weighted by Gasteiger charge is 2.32. The number of nitrogen functional groups attached to an aromatic ring is 1. The number of rotatable bonds is 2. The van der Waals surface area contributed by atoms with Gasteiger partial charge in [-0.3, -0.25) is 4.98 Å². The molecule has 10 heteroatoms. The number of anilines is 2. The first-order valence-corrected chi connectivity index (χ1v) is 11.8. The van der Waals surface area contributed by atoms with Crippen molar-refractivity contribution < 1.29 is 13.5 Å². The summed E-state index contributed by atoms with van der Waals surface area (Å²) in [6, 6.07) is 2.28. The molecule has 0 aliphatic carbocycles. The summed E-state index contributed by atoms with van der Waals surface area (Å²) in [5.41, 5.74) is 7.98. The number of aromatic nitrogens is 3. The molecule has 4 aromatic rings. The molecule has 0 amide bonds. The van der Waals surface area contributed by atoms with E-state index in [2.05, 4.69) is 33.7 Å². The minimum Gasteiger partial charge on any atom is -0.389 e. The molecule has 2 aliphatic rings. The molecule has 7 nitrogen and oxygen atoms in total. The Bertz CT molecular complexity index is 1550. The van der Waals surface area contributed by atoms with Crippen LogP contribution in [0.4, 0.5) is 19.7 Å². The summed E-state index contributed by atoms with van der Waals surface area (Å²) in [6.45, 7) is 5.53. The van der Waals surface area contributed by atoms with Gasteiger partial charge in [-0.15, -0.1) is 11.3 Å². The lowest BCUT2D eigenvalue weighted by Crippen LogP contribution is -2.28. The molecule has 1 saturated heterocycles. The van der Waals surface area contributed by atoms with Gasteiger partial charge in [0.15, 0.2) is 11.6 Å². The number of nitriles is 1. The average molecular weight is 479 g/mol. The van der Waals surface area contributed by atoms with Crippen LogP contribution in [0.5, 0.6) is 0 Å². The maximum absolute atomic E-state index is 16.3. The third-order valence-electron chi connectivity index (χ3n) is 6.77. The molecule has 0 radical (unpaired) electrons. The summed E-state index contributed by atoms with van der Waals surface area (Å²) in [5, 5.41) is 10.7. The fourth-order valence-electron chi connectivity index (χ4n) is 5.26. The van der Waals surface area contributed by atoms with E-state index in [9.17, 15) is 9.65 Å². The van der Waals surface area contributed by atoms with E-state index in [4.69, 9.17) is 10.5 Å². The zero-order chi connectivity index (χ0) is 23.7. The summed E-state index contributed by atoms with van der Waals surface area (Å²) in [4.78, 5) is 15.5. The molecule has 34 heavy (non-hydrogen) atoms. The van der Waals surface area contributed by atoms with Crippen molar-refractivity contribution in [1.29, 1.82) is 5.26 Å². The first-order valence-electron chi connectivity index (χ1n) is 11.0. The van der Waals surface area contributed by atoms with Crippen LogP contribution in [0.15, 0.2) is 12.4 Å². The Kier molecular flexibility index (Phi) is 4.69. The van der Waals surface area contributed by atoms with Gasteiger partial charge in [0.1, 0.15) is 16.6 Å². The van der Waals surface area contributed by atoms with Crippen molar-refractivity contribution >= 4 is 43.3 Å². The Hall–Kier alpha value is -3.42. The molecule has 0 spiro atoms. The maximum atomic E-state index is 16.3. The molecule has 2 unspecified atom stereocenters. The van der Waals surface area contributed by atoms with Crippen LogP contribution < -0.4 is 10.6 Å². The van der Waals surface area contributed by atoms with E-state index in [0.29, 0.717) is 22.8 Å². The van der Waals surface area contributed by atoms with Crippen LogP contribution in [-0.4, -0.2) is 27.5 Å². The van der Waals surface area contributed by atoms with Crippen molar-refractivity contribution in [2.45, 2.75) is 39.5 Å². The number of thiophene rings is 1. The van der Waals surface area contributed by atoms with Gasteiger partial charge < -0.3 is 15.4 Å². The molecule has 3 aromatic heterocycles. The van der Waals surface area contributed by atoms with E-state index in [1.54, 1.807) is 6.20 Å². The highest BCUT2D eigenvalue weighted by Crippen LogP contribution is 2.45.